The highest BCUT2D eigenvalue weighted by molar-refractivity contribution is 8.69. The Hall–Kier alpha value is -1.06. The third-order valence-electron chi connectivity index (χ3n) is 3.54. The lowest BCUT2D eigenvalue weighted by Gasteiger charge is -2.13. The van der Waals surface area contributed by atoms with Crippen molar-refractivity contribution >= 4 is 20.6 Å². The van der Waals surface area contributed by atoms with Crippen molar-refractivity contribution in [1.29, 1.82) is 0 Å². The first-order valence-corrected chi connectivity index (χ1v) is 9.53. The molecule has 0 amide bonds. The average molecular weight is 319 g/mol. The Morgan fingerprint density at radius 1 is 0.714 bits per heavy atom. The highest BCUT2D eigenvalue weighted by Crippen LogP contribution is 2.35. The second kappa shape index (κ2) is 6.37. The van der Waals surface area contributed by atoms with Crippen LogP contribution in [0.3, 0.4) is 0 Å². The third kappa shape index (κ3) is 3.58. The lowest BCUT2D eigenvalue weighted by molar-refractivity contribution is 0.690. The summed E-state index contributed by atoms with van der Waals surface area (Å²) in [6.07, 6.45) is 0. The third-order valence-corrected chi connectivity index (χ3v) is 6.93. The fourth-order valence-electron chi connectivity index (χ4n) is 2.85. The summed E-state index contributed by atoms with van der Waals surface area (Å²) in [4.78, 5) is 2.10. The lowest BCUT2D eigenvalue weighted by Crippen LogP contribution is -1.97. The molecule has 0 heterocycles. The smallest absolute Gasteiger partial charge is 0.118 e. The van der Waals surface area contributed by atoms with Crippen LogP contribution in [0.5, 0.6) is 0 Å². The number of aryl methyl sites for hydroxylation is 6. The van der Waals surface area contributed by atoms with Crippen molar-refractivity contribution in [2.45, 2.75) is 51.3 Å². The van der Waals surface area contributed by atoms with Gasteiger partial charge in [-0.05, 0) is 74.6 Å². The zero-order chi connectivity index (χ0) is 15.7. The predicted molar refractivity (Wildman–Crippen MR) is 93.6 cm³/mol. The molecule has 2 aromatic carbocycles. The maximum absolute atomic E-state index is 12.8. The van der Waals surface area contributed by atoms with Crippen LogP contribution in [0.1, 0.15) is 33.4 Å². The Morgan fingerprint density at radius 3 is 1.52 bits per heavy atom. The molecule has 2 rings (SSSR count). The maximum Gasteiger partial charge on any atom is 0.118 e. The molecule has 2 aromatic rings. The first kappa shape index (κ1) is 16.3. The molecule has 21 heavy (non-hydrogen) atoms. The van der Waals surface area contributed by atoms with E-state index in [9.17, 15) is 4.21 Å². The highest BCUT2D eigenvalue weighted by atomic mass is 33.1. The van der Waals surface area contributed by atoms with Crippen molar-refractivity contribution in [1.82, 2.24) is 0 Å². The molecule has 0 aliphatic heterocycles. The van der Waals surface area contributed by atoms with Crippen molar-refractivity contribution in [2.24, 2.45) is 0 Å². The van der Waals surface area contributed by atoms with Gasteiger partial charge in [0.1, 0.15) is 9.83 Å². The highest BCUT2D eigenvalue weighted by Gasteiger charge is 2.15. The minimum absolute atomic E-state index is 0.963. The van der Waals surface area contributed by atoms with Crippen LogP contribution in [0.2, 0.25) is 0 Å². The summed E-state index contributed by atoms with van der Waals surface area (Å²) < 4.78 is 12.8. The Balaban J connectivity index is 2.40. The largest absolute Gasteiger partial charge is 0.242 e. The lowest BCUT2D eigenvalue weighted by atomic mass is 10.1. The van der Waals surface area contributed by atoms with Gasteiger partial charge in [-0.1, -0.05) is 35.4 Å². The van der Waals surface area contributed by atoms with E-state index >= 15 is 0 Å². The summed E-state index contributed by atoms with van der Waals surface area (Å²) in [5.74, 6) is 0. The fourth-order valence-corrected chi connectivity index (χ4v) is 6.39. The second-order valence-corrected chi connectivity index (χ2v) is 8.63. The van der Waals surface area contributed by atoms with Gasteiger partial charge in [0.25, 0.3) is 0 Å². The van der Waals surface area contributed by atoms with Crippen LogP contribution in [0.25, 0.3) is 0 Å². The molecule has 0 fully saturated rings. The Kier molecular flexibility index (Phi) is 4.95. The van der Waals surface area contributed by atoms with Gasteiger partial charge < -0.3 is 0 Å². The van der Waals surface area contributed by atoms with Crippen LogP contribution in [-0.2, 0) is 9.83 Å². The molecular weight excluding hydrogens is 296 g/mol. The van der Waals surface area contributed by atoms with Crippen molar-refractivity contribution < 1.29 is 4.21 Å². The van der Waals surface area contributed by atoms with Crippen molar-refractivity contribution in [2.75, 3.05) is 0 Å². The fraction of sp³-hybridized carbons (Fsp3) is 0.333. The quantitative estimate of drug-likeness (QED) is 0.709. The summed E-state index contributed by atoms with van der Waals surface area (Å²) in [7, 11) is 0.389. The molecule has 0 aromatic heterocycles. The Morgan fingerprint density at radius 2 is 1.10 bits per heavy atom. The SMILES string of the molecule is Cc1cc(C)c(SS(=O)c2c(C)cc(C)cc2C)c(C)c1. The van der Waals surface area contributed by atoms with E-state index in [0.717, 1.165) is 20.9 Å². The molecule has 0 spiro atoms. The average Bonchev–Trinajstić information content (AvgIpc) is 2.32. The molecule has 0 bridgehead atoms. The number of benzene rings is 2. The molecule has 1 atom stereocenters. The molecule has 3 heteroatoms. The first-order chi connectivity index (χ1) is 9.79. The van der Waals surface area contributed by atoms with Crippen LogP contribution >= 0.6 is 10.8 Å². The van der Waals surface area contributed by atoms with Crippen molar-refractivity contribution in [3.8, 4) is 0 Å². The Bertz CT molecular complexity index is 671. The van der Waals surface area contributed by atoms with Crippen molar-refractivity contribution in [3.63, 3.8) is 0 Å². The minimum atomic E-state index is -1.08. The molecule has 112 valence electrons. The van der Waals surface area contributed by atoms with Crippen molar-refractivity contribution in [3.05, 3.63) is 57.6 Å². The molecule has 1 nitrogen and oxygen atoms in total. The van der Waals surface area contributed by atoms with E-state index in [4.69, 9.17) is 0 Å². The van der Waals surface area contributed by atoms with Gasteiger partial charge >= 0.3 is 0 Å². The van der Waals surface area contributed by atoms with E-state index in [2.05, 4.69) is 52.0 Å². The van der Waals surface area contributed by atoms with E-state index in [1.54, 1.807) is 0 Å². The summed E-state index contributed by atoms with van der Waals surface area (Å²) in [5, 5.41) is 0. The van der Waals surface area contributed by atoms with Gasteiger partial charge in [0, 0.05) is 4.90 Å². The van der Waals surface area contributed by atoms with Crippen LogP contribution < -0.4 is 0 Å². The van der Waals surface area contributed by atoms with Gasteiger partial charge in [-0.3, -0.25) is 0 Å². The number of hydrogen-bond acceptors (Lipinski definition) is 2. The molecule has 1 unspecified atom stereocenters. The minimum Gasteiger partial charge on any atom is -0.242 e. The van der Waals surface area contributed by atoms with Crippen LogP contribution in [0.15, 0.2) is 34.1 Å². The molecule has 0 saturated heterocycles. The molecular formula is C18H22OS2. The van der Waals surface area contributed by atoms with Crippen LogP contribution in [0, 0.1) is 41.5 Å². The number of hydrogen-bond donors (Lipinski definition) is 0. The summed E-state index contributed by atoms with van der Waals surface area (Å²) in [6, 6.07) is 8.52. The predicted octanol–water partition coefficient (Wildman–Crippen LogP) is 5.35. The van der Waals surface area contributed by atoms with Gasteiger partial charge in [0.2, 0.25) is 0 Å². The summed E-state index contributed by atoms with van der Waals surface area (Å²) >= 11 is 0. The number of rotatable bonds is 3. The normalized spacial score (nSPS) is 12.5. The molecule has 0 aliphatic carbocycles. The molecule has 0 saturated carbocycles. The van der Waals surface area contributed by atoms with Gasteiger partial charge in [-0.15, -0.1) is 0 Å². The van der Waals surface area contributed by atoms with E-state index in [1.807, 2.05) is 13.8 Å². The van der Waals surface area contributed by atoms with E-state index in [1.165, 1.54) is 33.0 Å². The second-order valence-electron chi connectivity index (χ2n) is 5.77. The van der Waals surface area contributed by atoms with Gasteiger partial charge in [0.15, 0.2) is 0 Å². The first-order valence-electron chi connectivity index (χ1n) is 7.05. The van der Waals surface area contributed by atoms with E-state index < -0.39 is 9.83 Å². The van der Waals surface area contributed by atoms with Gasteiger partial charge in [0.05, 0.1) is 4.90 Å². The summed E-state index contributed by atoms with van der Waals surface area (Å²) in [6.45, 7) is 12.4. The zero-order valence-electron chi connectivity index (χ0n) is 13.5. The topological polar surface area (TPSA) is 17.1 Å². The molecule has 0 radical (unpaired) electrons. The molecule has 0 N–H and O–H groups in total. The van der Waals surface area contributed by atoms with Crippen LogP contribution in [0.4, 0.5) is 0 Å². The van der Waals surface area contributed by atoms with Gasteiger partial charge in [-0.2, -0.15) is 0 Å². The zero-order valence-corrected chi connectivity index (χ0v) is 15.2. The maximum atomic E-state index is 12.8. The standard InChI is InChI=1S/C18H22OS2/c1-11-7-13(3)17(14(4)8-11)20-21(19)18-15(5)9-12(2)10-16(18)6/h7-10H,1-6H3. The molecule has 0 aliphatic rings. The monoisotopic (exact) mass is 318 g/mol. The van der Waals surface area contributed by atoms with E-state index in [-0.39, 0.29) is 0 Å². The van der Waals surface area contributed by atoms with Crippen LogP contribution in [-0.4, -0.2) is 4.21 Å². The van der Waals surface area contributed by atoms with E-state index in [0.29, 0.717) is 0 Å². The van der Waals surface area contributed by atoms with Gasteiger partial charge in [-0.25, -0.2) is 4.21 Å². The summed E-state index contributed by atoms with van der Waals surface area (Å²) in [5.41, 5.74) is 7.10. The Labute approximate surface area is 134 Å².